The van der Waals surface area contributed by atoms with Gasteiger partial charge in [0.05, 0.1) is 29.8 Å². The van der Waals surface area contributed by atoms with Crippen molar-refractivity contribution >= 4 is 58.8 Å². The van der Waals surface area contributed by atoms with Gasteiger partial charge in [0.2, 0.25) is 5.95 Å². The van der Waals surface area contributed by atoms with Gasteiger partial charge in [-0.25, -0.2) is 9.67 Å². The van der Waals surface area contributed by atoms with Crippen LogP contribution >= 0.6 is 30.3 Å². The number of hydrogen-bond donors (Lipinski definition) is 2. The van der Waals surface area contributed by atoms with Crippen molar-refractivity contribution in [2.45, 2.75) is 18.9 Å². The molecule has 3 heterocycles. The molecule has 0 saturated carbocycles. The standard InChI is InChI=1S/C20H23Cl2N6O2P/c1-31(2,29)17-6-4-3-5-15(17)25-19-14(21)11-23-20(27-19)26-16-12-24-28(18(16)22)13-7-9-30-10-8-13/h3-6,11-13H,7-10H2,1-2H3,(H2,23,25,26,27). The summed E-state index contributed by atoms with van der Waals surface area (Å²) >= 11 is 12.9. The Hall–Kier alpha value is -2.12. The topological polar surface area (TPSA) is 94.0 Å². The zero-order chi connectivity index (χ0) is 22.0. The van der Waals surface area contributed by atoms with Crippen LogP contribution in [0.4, 0.5) is 23.1 Å². The number of nitrogens with one attached hydrogen (secondary N) is 2. The van der Waals surface area contributed by atoms with Gasteiger partial charge in [0, 0.05) is 18.5 Å². The Balaban J connectivity index is 1.57. The molecule has 1 fully saturated rings. The predicted molar refractivity (Wildman–Crippen MR) is 125 cm³/mol. The summed E-state index contributed by atoms with van der Waals surface area (Å²) in [5, 5.41) is 12.3. The molecular weight excluding hydrogens is 458 g/mol. The lowest BCUT2D eigenvalue weighted by atomic mass is 10.1. The molecule has 1 aliphatic rings. The molecule has 3 aromatic rings. The molecule has 0 amide bonds. The van der Waals surface area contributed by atoms with E-state index in [0.29, 0.717) is 46.5 Å². The van der Waals surface area contributed by atoms with Crippen LogP contribution < -0.4 is 15.9 Å². The van der Waals surface area contributed by atoms with Crippen LogP contribution in [0.1, 0.15) is 18.9 Å². The third-order valence-electron chi connectivity index (χ3n) is 5.00. The monoisotopic (exact) mass is 480 g/mol. The van der Waals surface area contributed by atoms with Crippen molar-refractivity contribution in [2.24, 2.45) is 0 Å². The lowest BCUT2D eigenvalue weighted by molar-refractivity contribution is 0.0663. The highest BCUT2D eigenvalue weighted by atomic mass is 35.5. The maximum atomic E-state index is 12.6. The summed E-state index contributed by atoms with van der Waals surface area (Å²) in [6.45, 7) is 4.84. The molecule has 0 aliphatic carbocycles. The van der Waals surface area contributed by atoms with E-state index in [-0.39, 0.29) is 6.04 Å². The van der Waals surface area contributed by atoms with Crippen molar-refractivity contribution in [3.05, 3.63) is 46.8 Å². The highest BCUT2D eigenvalue weighted by Gasteiger charge is 2.21. The number of benzene rings is 1. The Morgan fingerprint density at radius 2 is 1.84 bits per heavy atom. The molecular formula is C20H23Cl2N6O2P. The van der Waals surface area contributed by atoms with Gasteiger partial charge in [-0.2, -0.15) is 10.1 Å². The zero-order valence-corrected chi connectivity index (χ0v) is 19.6. The van der Waals surface area contributed by atoms with Gasteiger partial charge in [0.25, 0.3) is 0 Å². The van der Waals surface area contributed by atoms with Crippen LogP contribution in [-0.2, 0) is 9.30 Å². The maximum Gasteiger partial charge on any atom is 0.229 e. The third kappa shape index (κ3) is 5.04. The average Bonchev–Trinajstić information content (AvgIpc) is 3.11. The van der Waals surface area contributed by atoms with Crippen LogP contribution in [0.25, 0.3) is 0 Å². The van der Waals surface area contributed by atoms with E-state index in [0.717, 1.165) is 18.1 Å². The molecule has 1 aromatic carbocycles. The van der Waals surface area contributed by atoms with E-state index in [2.05, 4.69) is 25.7 Å². The lowest BCUT2D eigenvalue weighted by Gasteiger charge is -2.23. The van der Waals surface area contributed by atoms with Gasteiger partial charge in [-0.05, 0) is 38.3 Å². The smallest absolute Gasteiger partial charge is 0.229 e. The molecule has 2 N–H and O–H groups in total. The minimum atomic E-state index is -2.49. The van der Waals surface area contributed by atoms with E-state index in [9.17, 15) is 4.57 Å². The second-order valence-corrected chi connectivity index (χ2v) is 11.6. The Kier molecular flexibility index (Phi) is 6.53. The highest BCUT2D eigenvalue weighted by molar-refractivity contribution is 7.70. The molecule has 0 bridgehead atoms. The Morgan fingerprint density at radius 1 is 1.10 bits per heavy atom. The number of hydrogen-bond acceptors (Lipinski definition) is 7. The van der Waals surface area contributed by atoms with Crippen molar-refractivity contribution in [1.82, 2.24) is 19.7 Å². The van der Waals surface area contributed by atoms with Gasteiger partial charge in [0.15, 0.2) is 11.0 Å². The molecule has 1 aliphatic heterocycles. The summed E-state index contributed by atoms with van der Waals surface area (Å²) in [5.74, 6) is 0.710. The van der Waals surface area contributed by atoms with Crippen LogP contribution in [0.5, 0.6) is 0 Å². The van der Waals surface area contributed by atoms with Crippen LogP contribution in [-0.4, -0.2) is 46.3 Å². The number of halogens is 2. The number of ether oxygens (including phenoxy) is 1. The van der Waals surface area contributed by atoms with E-state index in [1.54, 1.807) is 24.2 Å². The van der Waals surface area contributed by atoms with E-state index in [1.807, 2.05) is 24.3 Å². The van der Waals surface area contributed by atoms with E-state index >= 15 is 0 Å². The Bertz CT molecular complexity index is 1130. The quantitative estimate of drug-likeness (QED) is 0.475. The molecule has 4 rings (SSSR count). The fraction of sp³-hybridized carbons (Fsp3) is 0.350. The molecule has 8 nitrogen and oxygen atoms in total. The molecule has 2 aromatic heterocycles. The summed E-state index contributed by atoms with van der Waals surface area (Å²) in [5.41, 5.74) is 1.29. The van der Waals surface area contributed by atoms with Gasteiger partial charge in [-0.3, -0.25) is 0 Å². The van der Waals surface area contributed by atoms with E-state index in [4.69, 9.17) is 27.9 Å². The second-order valence-electron chi connectivity index (χ2n) is 7.65. The van der Waals surface area contributed by atoms with Crippen LogP contribution in [0.2, 0.25) is 10.2 Å². The average molecular weight is 481 g/mol. The molecule has 0 atom stereocenters. The summed E-state index contributed by atoms with van der Waals surface area (Å²) in [7, 11) is -2.49. The number of aromatic nitrogens is 4. The van der Waals surface area contributed by atoms with Gasteiger partial charge >= 0.3 is 0 Å². The van der Waals surface area contributed by atoms with E-state index < -0.39 is 7.14 Å². The number of rotatable bonds is 6. The fourth-order valence-corrected chi connectivity index (χ4v) is 5.00. The van der Waals surface area contributed by atoms with Crippen molar-refractivity contribution < 1.29 is 9.30 Å². The molecule has 0 spiro atoms. The normalized spacial score (nSPS) is 15.1. The summed E-state index contributed by atoms with van der Waals surface area (Å²) in [4.78, 5) is 8.72. The van der Waals surface area contributed by atoms with Crippen LogP contribution in [0, 0.1) is 0 Å². The molecule has 11 heteroatoms. The van der Waals surface area contributed by atoms with Gasteiger partial charge in [-0.1, -0.05) is 35.3 Å². The van der Waals surface area contributed by atoms with Crippen molar-refractivity contribution in [1.29, 1.82) is 0 Å². The first-order valence-electron chi connectivity index (χ1n) is 9.85. The summed E-state index contributed by atoms with van der Waals surface area (Å²) in [6.07, 6.45) is 4.88. The summed E-state index contributed by atoms with van der Waals surface area (Å²) < 4.78 is 19.9. The molecule has 0 unspecified atom stereocenters. The first kappa shape index (κ1) is 22.1. The first-order valence-corrected chi connectivity index (χ1v) is 13.2. The SMILES string of the molecule is CP(C)(=O)c1ccccc1Nc1nc(Nc2cnn(C3CCOCC3)c2Cl)ncc1Cl. The minimum Gasteiger partial charge on any atom is -0.381 e. The van der Waals surface area contributed by atoms with Crippen molar-refractivity contribution in [3.63, 3.8) is 0 Å². The lowest BCUT2D eigenvalue weighted by Crippen LogP contribution is -2.20. The van der Waals surface area contributed by atoms with Gasteiger partial charge < -0.3 is 19.9 Å². The first-order chi connectivity index (χ1) is 14.8. The number of anilines is 4. The van der Waals surface area contributed by atoms with Gasteiger partial charge in [0.1, 0.15) is 12.2 Å². The van der Waals surface area contributed by atoms with Crippen molar-refractivity contribution in [2.75, 3.05) is 37.2 Å². The molecule has 1 saturated heterocycles. The van der Waals surface area contributed by atoms with Crippen LogP contribution in [0.3, 0.4) is 0 Å². The largest absolute Gasteiger partial charge is 0.381 e. The minimum absolute atomic E-state index is 0.204. The fourth-order valence-electron chi connectivity index (χ4n) is 3.43. The second kappa shape index (κ2) is 9.17. The predicted octanol–water partition coefficient (Wildman–Crippen LogP) is 5.07. The molecule has 164 valence electrons. The highest BCUT2D eigenvalue weighted by Crippen LogP contribution is 2.39. The number of para-hydroxylation sites is 1. The zero-order valence-electron chi connectivity index (χ0n) is 17.2. The Morgan fingerprint density at radius 3 is 2.58 bits per heavy atom. The third-order valence-corrected chi connectivity index (χ3v) is 7.20. The molecule has 0 radical (unpaired) electrons. The van der Waals surface area contributed by atoms with Gasteiger partial charge in [-0.15, -0.1) is 0 Å². The number of nitrogens with zero attached hydrogens (tertiary/aromatic N) is 4. The van der Waals surface area contributed by atoms with E-state index in [1.165, 1.54) is 6.20 Å². The summed E-state index contributed by atoms with van der Waals surface area (Å²) in [6, 6.07) is 7.60. The maximum absolute atomic E-state index is 12.6. The van der Waals surface area contributed by atoms with Crippen LogP contribution in [0.15, 0.2) is 36.7 Å². The van der Waals surface area contributed by atoms with Crippen molar-refractivity contribution in [3.8, 4) is 0 Å². The molecule has 31 heavy (non-hydrogen) atoms. The Labute approximate surface area is 190 Å².